The third-order valence-corrected chi connectivity index (χ3v) is 6.54. The van der Waals surface area contributed by atoms with Crippen LogP contribution in [0.3, 0.4) is 0 Å². The van der Waals surface area contributed by atoms with Crippen molar-refractivity contribution in [2.75, 3.05) is 31.1 Å². The van der Waals surface area contributed by atoms with Crippen LogP contribution in [0.25, 0.3) is 22.3 Å². The van der Waals surface area contributed by atoms with E-state index in [1.165, 1.54) is 5.56 Å². The predicted molar refractivity (Wildman–Crippen MR) is 126 cm³/mol. The van der Waals surface area contributed by atoms with Gasteiger partial charge in [-0.15, -0.1) is 0 Å². The third-order valence-electron chi connectivity index (χ3n) is 6.54. The van der Waals surface area contributed by atoms with Crippen LogP contribution in [-0.2, 0) is 17.3 Å². The van der Waals surface area contributed by atoms with Crippen LogP contribution in [-0.4, -0.2) is 61.8 Å². The van der Waals surface area contributed by atoms with Crippen molar-refractivity contribution in [1.82, 2.24) is 35.0 Å². The molecule has 0 aliphatic carbocycles. The van der Waals surface area contributed by atoms with Crippen LogP contribution in [0.1, 0.15) is 18.4 Å². The summed E-state index contributed by atoms with van der Waals surface area (Å²) >= 11 is 0. The minimum atomic E-state index is -0.211. The highest BCUT2D eigenvalue weighted by atomic mass is 16.1. The van der Waals surface area contributed by atoms with E-state index in [0.29, 0.717) is 6.54 Å². The van der Waals surface area contributed by atoms with E-state index >= 15 is 0 Å². The molecule has 0 radical (unpaired) electrons. The Hall–Kier alpha value is -3.79. The van der Waals surface area contributed by atoms with E-state index in [0.717, 1.165) is 54.0 Å². The molecule has 0 bridgehead atoms. The van der Waals surface area contributed by atoms with E-state index in [9.17, 15) is 4.79 Å². The average molecular weight is 446 g/mol. The number of nitrogens with one attached hydrogen (secondary N) is 2. The zero-order valence-electron chi connectivity index (χ0n) is 18.5. The molecule has 4 heterocycles. The van der Waals surface area contributed by atoms with Gasteiger partial charge >= 0.3 is 0 Å². The minimum absolute atomic E-state index is 0.0179. The molecule has 4 N–H and O–H groups in total. The number of anilines is 1. The molecule has 33 heavy (non-hydrogen) atoms. The van der Waals surface area contributed by atoms with E-state index in [-0.39, 0.29) is 17.9 Å². The molecular weight excluding hydrogens is 418 g/mol. The molecule has 170 valence electrons. The number of H-pyrrole nitrogens is 1. The normalized spacial score (nSPS) is 15.6. The molecule has 5 rings (SSSR count). The van der Waals surface area contributed by atoms with Gasteiger partial charge in [-0.05, 0) is 24.0 Å². The molecule has 10 heteroatoms. The van der Waals surface area contributed by atoms with E-state index in [2.05, 4.69) is 59.5 Å². The van der Waals surface area contributed by atoms with Crippen LogP contribution in [0.4, 0.5) is 5.82 Å². The standard InChI is InChI=1S/C23H27N9O/c1-31-12-17(11-30-31)16-3-2-4-18(9-16)23(13-25-19(33)10-24)5-7-32(8-6-23)22-20-21(27-14-26-20)28-15-29-22/h2-4,9,11-12,14-15H,5-8,10,13,24H2,1H3,(H,25,33)(H,26,27,28,29). The Kier molecular flexibility index (Phi) is 5.51. The Labute approximate surface area is 191 Å². The number of benzene rings is 1. The highest BCUT2D eigenvalue weighted by Gasteiger charge is 2.37. The number of carbonyl (C=O) groups excluding carboxylic acids is 1. The molecule has 1 aliphatic heterocycles. The maximum atomic E-state index is 12.0. The van der Waals surface area contributed by atoms with E-state index in [4.69, 9.17) is 5.73 Å². The second-order valence-corrected chi connectivity index (χ2v) is 8.53. The van der Waals surface area contributed by atoms with Gasteiger partial charge in [0, 0.05) is 43.9 Å². The molecule has 3 aromatic heterocycles. The number of carbonyl (C=O) groups is 1. The smallest absolute Gasteiger partial charge is 0.233 e. The fourth-order valence-corrected chi connectivity index (χ4v) is 4.64. The molecule has 0 saturated carbocycles. The Bertz CT molecular complexity index is 1270. The van der Waals surface area contributed by atoms with Gasteiger partial charge < -0.3 is 20.9 Å². The molecule has 1 aromatic carbocycles. The quantitative estimate of drug-likeness (QED) is 0.408. The SMILES string of the molecule is Cn1cc(-c2cccc(C3(CNC(=O)CN)CCN(c4ncnc5[nH]cnc45)CC3)c2)cn1. The molecule has 1 aliphatic rings. The second-order valence-electron chi connectivity index (χ2n) is 8.53. The Morgan fingerprint density at radius 3 is 2.82 bits per heavy atom. The molecular formula is C23H27N9O. The number of nitrogens with zero attached hydrogens (tertiary/aromatic N) is 6. The van der Waals surface area contributed by atoms with Crippen LogP contribution in [0.5, 0.6) is 0 Å². The number of fused-ring (bicyclic) bond motifs is 1. The van der Waals surface area contributed by atoms with Crippen molar-refractivity contribution in [2.24, 2.45) is 12.8 Å². The maximum Gasteiger partial charge on any atom is 0.233 e. The lowest BCUT2D eigenvalue weighted by Gasteiger charge is -2.43. The van der Waals surface area contributed by atoms with Crippen molar-refractivity contribution in [2.45, 2.75) is 18.3 Å². The van der Waals surface area contributed by atoms with E-state index in [1.54, 1.807) is 17.3 Å². The summed E-state index contributed by atoms with van der Waals surface area (Å²) in [6.07, 6.45) is 8.79. The monoisotopic (exact) mass is 445 g/mol. The van der Waals surface area contributed by atoms with Gasteiger partial charge in [-0.25, -0.2) is 15.0 Å². The van der Waals surface area contributed by atoms with Crippen molar-refractivity contribution in [3.8, 4) is 11.1 Å². The highest BCUT2D eigenvalue weighted by molar-refractivity contribution is 5.82. The first-order valence-corrected chi connectivity index (χ1v) is 11.0. The van der Waals surface area contributed by atoms with Crippen molar-refractivity contribution >= 4 is 22.9 Å². The van der Waals surface area contributed by atoms with E-state index < -0.39 is 0 Å². The number of hydrogen-bond acceptors (Lipinski definition) is 7. The van der Waals surface area contributed by atoms with Crippen LogP contribution in [0.15, 0.2) is 49.3 Å². The summed E-state index contributed by atoms with van der Waals surface area (Å²) in [4.78, 5) is 30.5. The van der Waals surface area contributed by atoms with Gasteiger partial charge in [-0.1, -0.05) is 24.3 Å². The van der Waals surface area contributed by atoms with Gasteiger partial charge in [0.15, 0.2) is 11.5 Å². The summed E-state index contributed by atoms with van der Waals surface area (Å²) in [5.41, 5.74) is 10.2. The Balaban J connectivity index is 1.44. The molecule has 10 nitrogen and oxygen atoms in total. The van der Waals surface area contributed by atoms with Crippen molar-refractivity contribution < 1.29 is 4.79 Å². The summed E-state index contributed by atoms with van der Waals surface area (Å²) in [6.45, 7) is 2.09. The number of amides is 1. The lowest BCUT2D eigenvalue weighted by Crippen LogP contribution is -2.50. The summed E-state index contributed by atoms with van der Waals surface area (Å²) < 4.78 is 1.80. The Morgan fingerprint density at radius 1 is 1.21 bits per heavy atom. The summed E-state index contributed by atoms with van der Waals surface area (Å²) in [7, 11) is 1.91. The number of rotatable bonds is 6. The van der Waals surface area contributed by atoms with Crippen molar-refractivity contribution in [1.29, 1.82) is 0 Å². The Morgan fingerprint density at radius 2 is 2.06 bits per heavy atom. The van der Waals surface area contributed by atoms with Gasteiger partial charge in [0.2, 0.25) is 5.91 Å². The number of aryl methyl sites for hydroxylation is 1. The third kappa shape index (κ3) is 4.05. The minimum Gasteiger partial charge on any atom is -0.355 e. The zero-order valence-corrected chi connectivity index (χ0v) is 18.5. The highest BCUT2D eigenvalue weighted by Crippen LogP contribution is 2.38. The molecule has 0 atom stereocenters. The molecule has 0 unspecified atom stereocenters. The van der Waals surface area contributed by atoms with Crippen molar-refractivity contribution in [3.05, 3.63) is 54.9 Å². The van der Waals surface area contributed by atoms with Gasteiger partial charge in [0.25, 0.3) is 0 Å². The van der Waals surface area contributed by atoms with Gasteiger partial charge in [-0.2, -0.15) is 5.10 Å². The number of aromatic amines is 1. The first kappa shape index (κ1) is 21.1. The van der Waals surface area contributed by atoms with E-state index in [1.807, 2.05) is 19.4 Å². The molecule has 0 spiro atoms. The first-order valence-electron chi connectivity index (χ1n) is 11.0. The molecule has 1 saturated heterocycles. The van der Waals surface area contributed by atoms with Crippen LogP contribution >= 0.6 is 0 Å². The van der Waals surface area contributed by atoms with Gasteiger partial charge in [0.05, 0.1) is 19.1 Å². The van der Waals surface area contributed by atoms with Crippen LogP contribution in [0, 0.1) is 0 Å². The summed E-state index contributed by atoms with van der Waals surface area (Å²) in [5.74, 6) is 0.694. The predicted octanol–water partition coefficient (Wildman–Crippen LogP) is 1.37. The van der Waals surface area contributed by atoms with Crippen molar-refractivity contribution in [3.63, 3.8) is 0 Å². The molecule has 1 fully saturated rings. The molecule has 4 aromatic rings. The number of nitrogens with two attached hydrogens (primary N) is 1. The number of imidazole rings is 1. The number of piperidine rings is 1. The second kappa shape index (κ2) is 8.62. The first-order chi connectivity index (χ1) is 16.1. The topological polar surface area (TPSA) is 131 Å². The van der Waals surface area contributed by atoms with Gasteiger partial charge in [-0.3, -0.25) is 9.48 Å². The van der Waals surface area contributed by atoms with Crippen LogP contribution in [0.2, 0.25) is 0 Å². The fraction of sp³-hybridized carbons (Fsp3) is 0.348. The molecule has 1 amide bonds. The fourth-order valence-electron chi connectivity index (χ4n) is 4.64. The number of hydrogen-bond donors (Lipinski definition) is 3. The summed E-state index contributed by atoms with van der Waals surface area (Å²) in [5, 5.41) is 7.35. The maximum absolute atomic E-state index is 12.0. The van der Waals surface area contributed by atoms with Gasteiger partial charge in [0.1, 0.15) is 11.8 Å². The average Bonchev–Trinajstić information content (AvgIpc) is 3.52. The lowest BCUT2D eigenvalue weighted by atomic mass is 9.72. The zero-order chi connectivity index (χ0) is 22.8. The summed E-state index contributed by atoms with van der Waals surface area (Å²) in [6, 6.07) is 8.55. The number of aromatic nitrogens is 6. The largest absolute Gasteiger partial charge is 0.355 e. The lowest BCUT2D eigenvalue weighted by molar-refractivity contribution is -0.120. The van der Waals surface area contributed by atoms with Crippen LogP contribution < -0.4 is 16.0 Å².